The summed E-state index contributed by atoms with van der Waals surface area (Å²) in [6.45, 7) is 3.00. The molecule has 2 aliphatic heterocycles. The predicted molar refractivity (Wildman–Crippen MR) is 81.4 cm³/mol. The first-order valence-electron chi connectivity index (χ1n) is 8.17. The normalized spacial score (nSPS) is 30.9. The lowest BCUT2D eigenvalue weighted by Gasteiger charge is -2.37. The van der Waals surface area contributed by atoms with E-state index in [2.05, 4.69) is 17.0 Å². The molecular formula is C17H24N2O2. The second-order valence-corrected chi connectivity index (χ2v) is 6.57. The minimum atomic E-state index is -0.0541. The number of nitrogens with two attached hydrogens (primary N) is 1. The first kappa shape index (κ1) is 13.6. The van der Waals surface area contributed by atoms with Gasteiger partial charge in [-0.15, -0.1) is 0 Å². The first-order chi connectivity index (χ1) is 10.3. The van der Waals surface area contributed by atoms with E-state index in [1.807, 2.05) is 12.1 Å². The van der Waals surface area contributed by atoms with Crippen molar-refractivity contribution in [2.75, 3.05) is 19.7 Å². The summed E-state index contributed by atoms with van der Waals surface area (Å²) in [5.41, 5.74) is 7.56. The van der Waals surface area contributed by atoms with Crippen LogP contribution in [0.2, 0.25) is 0 Å². The maximum atomic E-state index is 6.42. The fourth-order valence-corrected chi connectivity index (χ4v) is 3.42. The fraction of sp³-hybridized carbons (Fsp3) is 0.647. The maximum absolute atomic E-state index is 6.42. The molecule has 1 saturated carbocycles. The molecule has 0 spiro atoms. The van der Waals surface area contributed by atoms with Gasteiger partial charge in [0.15, 0.2) is 0 Å². The Morgan fingerprint density at radius 1 is 1.19 bits per heavy atom. The molecule has 0 aromatic heterocycles. The largest absolute Gasteiger partial charge is 0.490 e. The van der Waals surface area contributed by atoms with Gasteiger partial charge >= 0.3 is 0 Å². The second kappa shape index (κ2) is 5.59. The van der Waals surface area contributed by atoms with Crippen LogP contribution in [0, 0.1) is 0 Å². The molecule has 0 radical (unpaired) electrons. The number of benzene rings is 1. The van der Waals surface area contributed by atoms with E-state index in [1.54, 1.807) is 0 Å². The highest BCUT2D eigenvalue weighted by Crippen LogP contribution is 2.30. The van der Waals surface area contributed by atoms with Gasteiger partial charge in [0.1, 0.15) is 5.75 Å². The van der Waals surface area contributed by atoms with Crippen LogP contribution in [0.5, 0.6) is 5.75 Å². The van der Waals surface area contributed by atoms with Gasteiger partial charge in [0.2, 0.25) is 0 Å². The smallest absolute Gasteiger partial charge is 0.119 e. The lowest BCUT2D eigenvalue weighted by atomic mass is 10.00. The molecule has 4 rings (SSSR count). The van der Waals surface area contributed by atoms with Crippen molar-refractivity contribution in [2.45, 2.75) is 50.0 Å². The predicted octanol–water partition coefficient (Wildman–Crippen LogP) is 2.09. The zero-order valence-corrected chi connectivity index (χ0v) is 12.4. The average molecular weight is 288 g/mol. The zero-order valence-electron chi connectivity index (χ0n) is 12.4. The van der Waals surface area contributed by atoms with Crippen LogP contribution in [0.3, 0.4) is 0 Å². The summed E-state index contributed by atoms with van der Waals surface area (Å²) in [5, 5.41) is 0. The van der Waals surface area contributed by atoms with E-state index in [1.165, 1.54) is 32.2 Å². The van der Waals surface area contributed by atoms with E-state index < -0.39 is 0 Å². The number of rotatable bonds is 4. The van der Waals surface area contributed by atoms with Crippen LogP contribution in [-0.2, 0) is 4.74 Å². The number of morpholine rings is 1. The van der Waals surface area contributed by atoms with Gasteiger partial charge in [0, 0.05) is 12.6 Å². The summed E-state index contributed by atoms with van der Waals surface area (Å²) in [7, 11) is 0. The van der Waals surface area contributed by atoms with Crippen LogP contribution in [-0.4, -0.2) is 42.8 Å². The van der Waals surface area contributed by atoms with E-state index in [4.69, 9.17) is 15.2 Å². The number of nitrogens with zero attached hydrogens (tertiary/aromatic N) is 1. The minimum absolute atomic E-state index is 0.0541. The number of hydrogen-bond acceptors (Lipinski definition) is 4. The molecule has 0 amide bonds. The molecule has 4 heteroatoms. The van der Waals surface area contributed by atoms with Gasteiger partial charge in [-0.1, -0.05) is 12.1 Å². The molecule has 1 aromatic carbocycles. The van der Waals surface area contributed by atoms with Crippen molar-refractivity contribution >= 4 is 0 Å². The highest BCUT2D eigenvalue weighted by molar-refractivity contribution is 5.30. The Kier molecular flexibility index (Phi) is 3.61. The molecule has 3 atom stereocenters. The molecule has 4 nitrogen and oxygen atoms in total. The van der Waals surface area contributed by atoms with Gasteiger partial charge in [0.05, 0.1) is 24.9 Å². The van der Waals surface area contributed by atoms with Gasteiger partial charge in [-0.3, -0.25) is 4.90 Å². The van der Waals surface area contributed by atoms with Gasteiger partial charge < -0.3 is 15.2 Å². The van der Waals surface area contributed by atoms with Crippen molar-refractivity contribution in [3.63, 3.8) is 0 Å². The molecule has 3 fully saturated rings. The van der Waals surface area contributed by atoms with Gasteiger partial charge in [-0.05, 0) is 49.9 Å². The third-order valence-electron chi connectivity index (χ3n) is 4.91. The summed E-state index contributed by atoms with van der Waals surface area (Å²) in [5.74, 6) is 0.956. The Balaban J connectivity index is 1.40. The van der Waals surface area contributed by atoms with Gasteiger partial charge in [-0.25, -0.2) is 0 Å². The van der Waals surface area contributed by atoms with Crippen LogP contribution >= 0.6 is 0 Å². The van der Waals surface area contributed by atoms with Crippen molar-refractivity contribution in [1.29, 1.82) is 0 Å². The number of ether oxygens (including phenoxy) is 2. The Morgan fingerprint density at radius 3 is 2.76 bits per heavy atom. The van der Waals surface area contributed by atoms with Gasteiger partial charge in [0.25, 0.3) is 0 Å². The van der Waals surface area contributed by atoms with Crippen molar-refractivity contribution in [1.82, 2.24) is 4.90 Å². The van der Waals surface area contributed by atoms with E-state index in [9.17, 15) is 0 Å². The average Bonchev–Trinajstić information content (AvgIpc) is 3.21. The summed E-state index contributed by atoms with van der Waals surface area (Å²) in [6.07, 6.45) is 5.49. The van der Waals surface area contributed by atoms with Crippen molar-refractivity contribution in [3.05, 3.63) is 29.8 Å². The fourth-order valence-electron chi connectivity index (χ4n) is 3.42. The third-order valence-corrected chi connectivity index (χ3v) is 4.91. The summed E-state index contributed by atoms with van der Waals surface area (Å²) in [6, 6.07) is 8.82. The third kappa shape index (κ3) is 2.93. The quantitative estimate of drug-likeness (QED) is 0.921. The molecule has 2 N–H and O–H groups in total. The molecule has 2 heterocycles. The summed E-state index contributed by atoms with van der Waals surface area (Å²) < 4.78 is 11.8. The van der Waals surface area contributed by atoms with Crippen molar-refractivity contribution in [3.8, 4) is 5.75 Å². The monoisotopic (exact) mass is 288 g/mol. The molecule has 1 aromatic rings. The molecule has 1 aliphatic carbocycles. The first-order valence-corrected chi connectivity index (χ1v) is 8.17. The Hall–Kier alpha value is -1.10. The summed E-state index contributed by atoms with van der Waals surface area (Å²) >= 11 is 0. The Morgan fingerprint density at radius 2 is 2.00 bits per heavy atom. The van der Waals surface area contributed by atoms with Crippen LogP contribution in [0.1, 0.15) is 37.3 Å². The zero-order chi connectivity index (χ0) is 14.2. The van der Waals surface area contributed by atoms with Crippen molar-refractivity contribution < 1.29 is 9.47 Å². The Labute approximate surface area is 126 Å². The standard InChI is InChI=1S/C17H24N2O2/c18-17(16-10-19-9-1-2-13(19)11-20-16)12-3-5-14(6-4-12)21-15-7-8-15/h3-6,13,15-17H,1-2,7-11,18H2. The van der Waals surface area contributed by atoms with Crippen LogP contribution in [0.15, 0.2) is 24.3 Å². The SMILES string of the molecule is NC(c1ccc(OC2CC2)cc1)C1CN2CCCC2CO1. The van der Waals surface area contributed by atoms with E-state index in [0.29, 0.717) is 12.1 Å². The Bertz CT molecular complexity index is 486. The molecular weight excluding hydrogens is 264 g/mol. The number of hydrogen-bond donors (Lipinski definition) is 1. The second-order valence-electron chi connectivity index (χ2n) is 6.57. The topological polar surface area (TPSA) is 47.7 Å². The molecule has 114 valence electrons. The lowest BCUT2D eigenvalue weighted by Crippen LogP contribution is -2.49. The molecule has 3 unspecified atom stereocenters. The van der Waals surface area contributed by atoms with Crippen LogP contribution in [0.25, 0.3) is 0 Å². The maximum Gasteiger partial charge on any atom is 0.119 e. The molecule has 3 aliphatic rings. The number of fused-ring (bicyclic) bond motifs is 1. The molecule has 2 saturated heterocycles. The molecule has 0 bridgehead atoms. The minimum Gasteiger partial charge on any atom is -0.490 e. The van der Waals surface area contributed by atoms with E-state index in [-0.39, 0.29) is 12.1 Å². The lowest BCUT2D eigenvalue weighted by molar-refractivity contribution is -0.0597. The van der Waals surface area contributed by atoms with Crippen LogP contribution < -0.4 is 10.5 Å². The van der Waals surface area contributed by atoms with Crippen LogP contribution in [0.4, 0.5) is 0 Å². The highest BCUT2D eigenvalue weighted by Gasteiger charge is 2.35. The van der Waals surface area contributed by atoms with E-state index in [0.717, 1.165) is 24.5 Å². The van der Waals surface area contributed by atoms with Crippen molar-refractivity contribution in [2.24, 2.45) is 5.73 Å². The van der Waals surface area contributed by atoms with Gasteiger partial charge in [-0.2, -0.15) is 0 Å². The molecule has 21 heavy (non-hydrogen) atoms. The van der Waals surface area contributed by atoms with E-state index >= 15 is 0 Å². The summed E-state index contributed by atoms with van der Waals surface area (Å²) in [4.78, 5) is 2.54. The highest BCUT2D eigenvalue weighted by atomic mass is 16.5.